The maximum atomic E-state index is 13.4. The molecule has 1 saturated heterocycles. The minimum atomic E-state index is -4.17. The van der Waals surface area contributed by atoms with E-state index in [4.69, 9.17) is 14.2 Å². The van der Waals surface area contributed by atoms with Gasteiger partial charge in [-0.1, -0.05) is 0 Å². The molecule has 0 spiro atoms. The fraction of sp³-hybridized carbons (Fsp3) is 0.381. The predicted octanol–water partition coefficient (Wildman–Crippen LogP) is 2.33. The summed E-state index contributed by atoms with van der Waals surface area (Å²) in [6.07, 6.45) is 1.69. The molecule has 1 fully saturated rings. The molecule has 0 aromatic heterocycles. The zero-order valence-electron chi connectivity index (χ0n) is 17.3. The second-order valence-corrected chi connectivity index (χ2v) is 8.81. The molecule has 1 amide bonds. The van der Waals surface area contributed by atoms with Crippen molar-refractivity contribution in [1.29, 1.82) is 0 Å². The first-order valence-electron chi connectivity index (χ1n) is 9.74. The molecule has 0 saturated carbocycles. The molecule has 2 aromatic carbocycles. The van der Waals surface area contributed by atoms with Crippen LogP contribution in [-0.4, -0.2) is 54.3 Å². The van der Waals surface area contributed by atoms with Crippen molar-refractivity contribution in [3.05, 3.63) is 48.3 Å². The van der Waals surface area contributed by atoms with Gasteiger partial charge in [0, 0.05) is 19.2 Å². The molecule has 1 heterocycles. The molecule has 10 heteroatoms. The Morgan fingerprint density at radius 3 is 2.48 bits per heavy atom. The summed E-state index contributed by atoms with van der Waals surface area (Å²) < 4.78 is 57.0. The molecule has 0 aliphatic carbocycles. The van der Waals surface area contributed by atoms with Gasteiger partial charge in [-0.3, -0.25) is 9.10 Å². The van der Waals surface area contributed by atoms with Gasteiger partial charge in [-0.05, 0) is 49.2 Å². The van der Waals surface area contributed by atoms with Crippen LogP contribution in [0.25, 0.3) is 0 Å². The number of halogens is 1. The Labute approximate surface area is 181 Å². The van der Waals surface area contributed by atoms with Crippen LogP contribution >= 0.6 is 0 Å². The Balaban J connectivity index is 1.89. The largest absolute Gasteiger partial charge is 0.493 e. The molecule has 0 radical (unpaired) electrons. The number of nitrogens with zero attached hydrogens (tertiary/aromatic N) is 1. The second kappa shape index (κ2) is 9.97. The van der Waals surface area contributed by atoms with Crippen molar-refractivity contribution in [3.8, 4) is 11.5 Å². The van der Waals surface area contributed by atoms with Gasteiger partial charge in [0.15, 0.2) is 11.5 Å². The molecule has 0 bridgehead atoms. The lowest BCUT2D eigenvalue weighted by atomic mass is 10.2. The normalized spacial score (nSPS) is 16.0. The number of methoxy groups -OCH3 is 2. The lowest BCUT2D eigenvalue weighted by molar-refractivity contribution is -0.120. The standard InChI is InChI=1S/C21H25FN2O6S/c1-28-19-10-9-18(12-20(19)29-2)31(26,27)24(16-7-5-15(22)6-8-16)14-21(25)23-13-17-4-3-11-30-17/h5-10,12,17H,3-4,11,13-14H2,1-2H3,(H,23,25)/t17-/m1/s1. The number of amides is 1. The number of sulfonamides is 1. The number of ether oxygens (including phenoxy) is 3. The quantitative estimate of drug-likeness (QED) is 0.628. The lowest BCUT2D eigenvalue weighted by Crippen LogP contribution is -2.42. The van der Waals surface area contributed by atoms with Gasteiger partial charge in [0.1, 0.15) is 12.4 Å². The molecule has 3 rings (SSSR count). The van der Waals surface area contributed by atoms with E-state index in [0.717, 1.165) is 29.3 Å². The number of hydrogen-bond donors (Lipinski definition) is 1. The van der Waals surface area contributed by atoms with Crippen LogP contribution in [0, 0.1) is 5.82 Å². The number of hydrogen-bond acceptors (Lipinski definition) is 6. The van der Waals surface area contributed by atoms with Crippen molar-refractivity contribution >= 4 is 21.6 Å². The third kappa shape index (κ3) is 5.45. The highest BCUT2D eigenvalue weighted by molar-refractivity contribution is 7.92. The summed E-state index contributed by atoms with van der Waals surface area (Å²) in [5, 5.41) is 2.71. The van der Waals surface area contributed by atoms with Gasteiger partial charge in [0.25, 0.3) is 10.0 Å². The molecule has 1 aliphatic heterocycles. The van der Waals surface area contributed by atoms with Crippen LogP contribution in [0.5, 0.6) is 11.5 Å². The van der Waals surface area contributed by atoms with Crippen LogP contribution in [0.15, 0.2) is 47.4 Å². The molecule has 1 aliphatic rings. The Morgan fingerprint density at radius 2 is 1.87 bits per heavy atom. The van der Waals surface area contributed by atoms with Gasteiger partial charge in [-0.2, -0.15) is 0 Å². The Kier molecular flexibility index (Phi) is 7.34. The number of carbonyl (C=O) groups excluding carboxylic acids is 1. The molecule has 1 N–H and O–H groups in total. The van der Waals surface area contributed by atoms with E-state index in [1.54, 1.807) is 0 Å². The number of anilines is 1. The van der Waals surface area contributed by atoms with Gasteiger partial charge < -0.3 is 19.5 Å². The first-order chi connectivity index (χ1) is 14.8. The van der Waals surface area contributed by atoms with E-state index in [-0.39, 0.29) is 22.4 Å². The molecule has 0 unspecified atom stereocenters. The van der Waals surface area contributed by atoms with Crippen molar-refractivity contribution in [2.75, 3.05) is 38.2 Å². The fourth-order valence-corrected chi connectivity index (χ4v) is 4.68. The Hall–Kier alpha value is -2.85. The minimum absolute atomic E-state index is 0.0781. The van der Waals surface area contributed by atoms with Gasteiger partial charge in [0.2, 0.25) is 5.91 Å². The van der Waals surface area contributed by atoms with Crippen molar-refractivity contribution in [1.82, 2.24) is 5.32 Å². The summed E-state index contributed by atoms with van der Waals surface area (Å²) in [5.74, 6) is -0.423. The summed E-state index contributed by atoms with van der Waals surface area (Å²) in [6.45, 7) is 0.470. The van der Waals surface area contributed by atoms with Crippen LogP contribution in [0.2, 0.25) is 0 Å². The first kappa shape index (κ1) is 22.8. The van der Waals surface area contributed by atoms with E-state index >= 15 is 0 Å². The highest BCUT2D eigenvalue weighted by Gasteiger charge is 2.29. The van der Waals surface area contributed by atoms with Crippen LogP contribution in [0.1, 0.15) is 12.8 Å². The van der Waals surface area contributed by atoms with E-state index in [0.29, 0.717) is 18.9 Å². The van der Waals surface area contributed by atoms with Crippen molar-refractivity contribution in [3.63, 3.8) is 0 Å². The predicted molar refractivity (Wildman–Crippen MR) is 112 cm³/mol. The second-order valence-electron chi connectivity index (χ2n) is 6.94. The molecule has 2 aromatic rings. The number of benzene rings is 2. The van der Waals surface area contributed by atoms with E-state index in [2.05, 4.69) is 5.32 Å². The SMILES string of the molecule is COc1ccc(S(=O)(=O)N(CC(=O)NC[C@H]2CCCO2)c2ccc(F)cc2)cc1OC. The highest BCUT2D eigenvalue weighted by Crippen LogP contribution is 2.32. The number of rotatable bonds is 9. The Morgan fingerprint density at radius 1 is 1.16 bits per heavy atom. The summed E-state index contributed by atoms with van der Waals surface area (Å²) in [5.41, 5.74) is 0.156. The van der Waals surface area contributed by atoms with Crippen LogP contribution in [0.3, 0.4) is 0 Å². The summed E-state index contributed by atoms with van der Waals surface area (Å²) in [4.78, 5) is 12.5. The van der Waals surface area contributed by atoms with E-state index in [1.807, 2.05) is 0 Å². The maximum Gasteiger partial charge on any atom is 0.264 e. The van der Waals surface area contributed by atoms with Crippen LogP contribution in [0.4, 0.5) is 10.1 Å². The zero-order valence-corrected chi connectivity index (χ0v) is 18.2. The van der Waals surface area contributed by atoms with Crippen molar-refractivity contribution in [2.45, 2.75) is 23.8 Å². The lowest BCUT2D eigenvalue weighted by Gasteiger charge is -2.25. The fourth-order valence-electron chi connectivity index (χ4n) is 3.25. The maximum absolute atomic E-state index is 13.4. The van der Waals surface area contributed by atoms with E-state index < -0.39 is 28.3 Å². The molecular weight excluding hydrogens is 427 g/mol. The van der Waals surface area contributed by atoms with Gasteiger partial charge in [-0.15, -0.1) is 0 Å². The monoisotopic (exact) mass is 452 g/mol. The van der Waals surface area contributed by atoms with Crippen molar-refractivity contribution in [2.24, 2.45) is 0 Å². The van der Waals surface area contributed by atoms with Crippen LogP contribution < -0.4 is 19.1 Å². The van der Waals surface area contributed by atoms with E-state index in [1.165, 1.54) is 44.6 Å². The zero-order chi connectivity index (χ0) is 22.4. The average molecular weight is 453 g/mol. The average Bonchev–Trinajstić information content (AvgIpc) is 3.30. The summed E-state index contributed by atoms with van der Waals surface area (Å²) >= 11 is 0. The summed E-state index contributed by atoms with van der Waals surface area (Å²) in [6, 6.07) is 9.02. The number of carbonyl (C=O) groups is 1. The van der Waals surface area contributed by atoms with E-state index in [9.17, 15) is 17.6 Å². The highest BCUT2D eigenvalue weighted by atomic mass is 32.2. The van der Waals surface area contributed by atoms with Crippen LogP contribution in [-0.2, 0) is 19.6 Å². The Bertz CT molecular complexity index is 1010. The van der Waals surface area contributed by atoms with Gasteiger partial charge in [-0.25, -0.2) is 12.8 Å². The minimum Gasteiger partial charge on any atom is -0.493 e. The third-order valence-corrected chi connectivity index (χ3v) is 6.67. The third-order valence-electron chi connectivity index (χ3n) is 4.90. The molecule has 31 heavy (non-hydrogen) atoms. The summed E-state index contributed by atoms with van der Waals surface area (Å²) in [7, 11) is -1.34. The first-order valence-corrected chi connectivity index (χ1v) is 11.2. The smallest absolute Gasteiger partial charge is 0.264 e. The topological polar surface area (TPSA) is 94.2 Å². The molecule has 168 valence electrons. The molecular formula is C21H25FN2O6S. The number of nitrogens with one attached hydrogen (secondary N) is 1. The molecule has 1 atom stereocenters. The van der Waals surface area contributed by atoms with Gasteiger partial charge >= 0.3 is 0 Å². The van der Waals surface area contributed by atoms with Gasteiger partial charge in [0.05, 0.1) is 30.9 Å². The van der Waals surface area contributed by atoms with Crippen molar-refractivity contribution < 1.29 is 31.8 Å². The molecule has 8 nitrogen and oxygen atoms in total.